The molecule has 0 bridgehead atoms. The van der Waals surface area contributed by atoms with E-state index in [1.165, 1.54) is 0 Å². The monoisotopic (exact) mass is 294 g/mol. The fraction of sp³-hybridized carbons (Fsp3) is 1.00. The largest absolute Gasteiger partial charge is 0.453 e. The molecule has 0 saturated carbocycles. The third-order valence-corrected chi connectivity index (χ3v) is 3.03. The maximum absolute atomic E-state index is 12.7. The Kier molecular flexibility index (Phi) is 4.77. The van der Waals surface area contributed by atoms with Crippen molar-refractivity contribution in [3.63, 3.8) is 0 Å². The molecular formula is C11H16F6O2. The average molecular weight is 294 g/mol. The minimum absolute atomic E-state index is 0.114. The number of hydrogen-bond donors (Lipinski definition) is 0. The molecule has 0 amide bonds. The van der Waals surface area contributed by atoms with Gasteiger partial charge in [-0.15, -0.1) is 0 Å². The fourth-order valence-corrected chi connectivity index (χ4v) is 1.99. The van der Waals surface area contributed by atoms with Crippen molar-refractivity contribution in [2.45, 2.75) is 69.9 Å². The molecule has 19 heavy (non-hydrogen) atoms. The molecular weight excluding hydrogens is 278 g/mol. The van der Waals surface area contributed by atoms with Crippen LogP contribution in [0.25, 0.3) is 0 Å². The van der Waals surface area contributed by atoms with Gasteiger partial charge in [0.1, 0.15) is 0 Å². The molecule has 0 radical (unpaired) electrons. The summed E-state index contributed by atoms with van der Waals surface area (Å²) in [6, 6.07) is 0. The zero-order valence-electron chi connectivity index (χ0n) is 10.6. The van der Waals surface area contributed by atoms with Crippen molar-refractivity contribution < 1.29 is 35.8 Å². The topological polar surface area (TPSA) is 18.5 Å². The lowest BCUT2D eigenvalue weighted by Crippen LogP contribution is -2.58. The summed E-state index contributed by atoms with van der Waals surface area (Å²) in [6.07, 6.45) is -11.6. The Morgan fingerprint density at radius 1 is 0.947 bits per heavy atom. The zero-order valence-corrected chi connectivity index (χ0v) is 10.6. The molecule has 1 aliphatic heterocycles. The number of ether oxygens (including phenoxy) is 2. The highest BCUT2D eigenvalue weighted by atomic mass is 19.4. The predicted molar refractivity (Wildman–Crippen MR) is 54.4 cm³/mol. The second-order valence-corrected chi connectivity index (χ2v) is 4.59. The van der Waals surface area contributed by atoms with Gasteiger partial charge in [-0.1, -0.05) is 26.2 Å². The van der Waals surface area contributed by atoms with Crippen LogP contribution < -0.4 is 0 Å². The first-order valence-electron chi connectivity index (χ1n) is 6.04. The first kappa shape index (κ1) is 16.6. The smallest absolute Gasteiger partial charge is 0.330 e. The summed E-state index contributed by atoms with van der Waals surface area (Å²) in [5.74, 6) is -4.49. The molecule has 1 aliphatic rings. The number of hydrogen-bond acceptors (Lipinski definition) is 2. The molecule has 2 nitrogen and oxygen atoms in total. The van der Waals surface area contributed by atoms with E-state index in [0.717, 1.165) is 19.8 Å². The highest BCUT2D eigenvalue weighted by Gasteiger charge is 2.78. The molecule has 1 heterocycles. The molecule has 2 atom stereocenters. The molecule has 1 rings (SSSR count). The second kappa shape index (κ2) is 5.47. The summed E-state index contributed by atoms with van der Waals surface area (Å²) in [7, 11) is 0. The van der Waals surface area contributed by atoms with Gasteiger partial charge < -0.3 is 9.47 Å². The quantitative estimate of drug-likeness (QED) is 0.571. The number of halogens is 6. The van der Waals surface area contributed by atoms with Gasteiger partial charge in [0.2, 0.25) is 0 Å². The SMILES string of the molecule is CCCCC[C@@H]1OC(C(F)(F)F)(C(F)(F)F)O[C@@H]1C. The Hall–Kier alpha value is -0.500. The van der Waals surface area contributed by atoms with Gasteiger partial charge in [0, 0.05) is 0 Å². The van der Waals surface area contributed by atoms with Crippen LogP contribution in [0.2, 0.25) is 0 Å². The molecule has 114 valence electrons. The van der Waals surface area contributed by atoms with Crippen LogP contribution >= 0.6 is 0 Å². The molecule has 0 aromatic rings. The Labute approximate surface area is 107 Å². The minimum atomic E-state index is -5.65. The number of rotatable bonds is 4. The molecule has 0 aromatic carbocycles. The van der Waals surface area contributed by atoms with Crippen LogP contribution in [-0.2, 0) is 9.47 Å². The zero-order chi connectivity index (χ0) is 14.9. The van der Waals surface area contributed by atoms with Crippen molar-refractivity contribution in [3.05, 3.63) is 0 Å². The summed E-state index contributed by atoms with van der Waals surface area (Å²) in [6.45, 7) is 3.04. The van der Waals surface area contributed by atoms with E-state index < -0.39 is 30.3 Å². The van der Waals surface area contributed by atoms with E-state index in [2.05, 4.69) is 9.47 Å². The van der Waals surface area contributed by atoms with E-state index in [4.69, 9.17) is 0 Å². The molecule has 0 N–H and O–H groups in total. The summed E-state index contributed by atoms with van der Waals surface area (Å²) in [5, 5.41) is 0. The van der Waals surface area contributed by atoms with Crippen LogP contribution in [0.5, 0.6) is 0 Å². The van der Waals surface area contributed by atoms with Crippen molar-refractivity contribution in [2.24, 2.45) is 0 Å². The van der Waals surface area contributed by atoms with Crippen LogP contribution in [0.1, 0.15) is 39.5 Å². The van der Waals surface area contributed by atoms with Crippen LogP contribution in [0.3, 0.4) is 0 Å². The minimum Gasteiger partial charge on any atom is -0.330 e. The van der Waals surface area contributed by atoms with Gasteiger partial charge in [0.25, 0.3) is 0 Å². The van der Waals surface area contributed by atoms with E-state index in [1.807, 2.05) is 6.92 Å². The Bertz CT molecular complexity index is 285. The van der Waals surface area contributed by atoms with E-state index in [0.29, 0.717) is 6.42 Å². The van der Waals surface area contributed by atoms with Crippen molar-refractivity contribution in [1.82, 2.24) is 0 Å². The van der Waals surface area contributed by atoms with Gasteiger partial charge in [-0.3, -0.25) is 0 Å². The third kappa shape index (κ3) is 3.16. The van der Waals surface area contributed by atoms with E-state index in [1.54, 1.807) is 0 Å². The van der Waals surface area contributed by atoms with Crippen LogP contribution in [-0.4, -0.2) is 30.3 Å². The molecule has 0 aromatic heterocycles. The lowest BCUT2D eigenvalue weighted by Gasteiger charge is -2.31. The molecule has 0 spiro atoms. The van der Waals surface area contributed by atoms with Crippen molar-refractivity contribution in [3.8, 4) is 0 Å². The molecule has 8 heteroatoms. The normalized spacial score (nSPS) is 27.8. The highest BCUT2D eigenvalue weighted by molar-refractivity contribution is 4.95. The summed E-state index contributed by atoms with van der Waals surface area (Å²) >= 11 is 0. The van der Waals surface area contributed by atoms with Crippen LogP contribution in [0, 0.1) is 0 Å². The van der Waals surface area contributed by atoms with Crippen molar-refractivity contribution in [2.75, 3.05) is 0 Å². The lowest BCUT2D eigenvalue weighted by molar-refractivity contribution is -0.445. The molecule has 0 unspecified atom stereocenters. The molecule has 1 saturated heterocycles. The summed E-state index contributed by atoms with van der Waals surface area (Å²) < 4.78 is 84.5. The Morgan fingerprint density at radius 3 is 1.84 bits per heavy atom. The predicted octanol–water partition coefficient (Wildman–Crippen LogP) is 4.19. The molecule has 1 fully saturated rings. The Balaban J connectivity index is 2.87. The van der Waals surface area contributed by atoms with E-state index >= 15 is 0 Å². The average Bonchev–Trinajstić information content (AvgIpc) is 2.56. The Morgan fingerprint density at radius 2 is 1.47 bits per heavy atom. The first-order valence-corrected chi connectivity index (χ1v) is 6.04. The van der Waals surface area contributed by atoms with Crippen LogP contribution in [0.15, 0.2) is 0 Å². The maximum atomic E-state index is 12.7. The number of unbranched alkanes of at least 4 members (excludes halogenated alkanes) is 2. The van der Waals surface area contributed by atoms with Gasteiger partial charge >= 0.3 is 18.1 Å². The fourth-order valence-electron chi connectivity index (χ4n) is 1.99. The maximum Gasteiger partial charge on any atom is 0.453 e. The summed E-state index contributed by atoms with van der Waals surface area (Å²) in [4.78, 5) is 0. The van der Waals surface area contributed by atoms with Gasteiger partial charge in [0.05, 0.1) is 12.2 Å². The number of alkyl halides is 6. The standard InChI is InChI=1S/C11H16F6O2/c1-3-4-5-6-8-7(2)18-9(19-8,10(12,13)14)11(15,16)17/h7-8H,3-6H2,1-2H3/t7-,8+/m1/s1. The third-order valence-electron chi connectivity index (χ3n) is 3.03. The first-order chi connectivity index (χ1) is 8.55. The van der Waals surface area contributed by atoms with Gasteiger partial charge in [-0.05, 0) is 13.3 Å². The van der Waals surface area contributed by atoms with Gasteiger partial charge in [-0.25, -0.2) is 0 Å². The van der Waals surface area contributed by atoms with E-state index in [9.17, 15) is 26.3 Å². The van der Waals surface area contributed by atoms with E-state index in [-0.39, 0.29) is 6.42 Å². The van der Waals surface area contributed by atoms with Crippen molar-refractivity contribution >= 4 is 0 Å². The summed E-state index contributed by atoms with van der Waals surface area (Å²) in [5.41, 5.74) is 0. The van der Waals surface area contributed by atoms with Gasteiger partial charge in [0.15, 0.2) is 0 Å². The highest BCUT2D eigenvalue weighted by Crippen LogP contribution is 2.52. The molecule has 0 aliphatic carbocycles. The van der Waals surface area contributed by atoms with Gasteiger partial charge in [-0.2, -0.15) is 26.3 Å². The second-order valence-electron chi connectivity index (χ2n) is 4.59. The van der Waals surface area contributed by atoms with Crippen LogP contribution in [0.4, 0.5) is 26.3 Å². The van der Waals surface area contributed by atoms with Crippen molar-refractivity contribution in [1.29, 1.82) is 0 Å². The lowest BCUT2D eigenvalue weighted by atomic mass is 10.1.